The van der Waals surface area contributed by atoms with E-state index in [4.69, 9.17) is 0 Å². The van der Waals surface area contributed by atoms with E-state index in [0.717, 1.165) is 12.8 Å². The van der Waals surface area contributed by atoms with E-state index in [0.29, 0.717) is 12.1 Å². The summed E-state index contributed by atoms with van der Waals surface area (Å²) in [6.45, 7) is 4.07. The number of ether oxygens (including phenoxy) is 2. The van der Waals surface area contributed by atoms with Crippen molar-refractivity contribution in [1.29, 1.82) is 0 Å². The zero-order chi connectivity index (χ0) is 17.4. The zero-order valence-electron chi connectivity index (χ0n) is 14.0. The predicted molar refractivity (Wildman–Crippen MR) is 86.4 cm³/mol. The van der Waals surface area contributed by atoms with Gasteiger partial charge in [-0.3, -0.25) is 4.79 Å². The molecule has 0 aliphatic rings. The fraction of sp³-hybridized carbons (Fsp3) is 0.471. The molecule has 1 N–H and O–H groups in total. The van der Waals surface area contributed by atoms with Crippen LogP contribution >= 0.6 is 0 Å². The van der Waals surface area contributed by atoms with Crippen LogP contribution in [0.2, 0.25) is 0 Å². The Balaban J connectivity index is 2.98. The summed E-state index contributed by atoms with van der Waals surface area (Å²) in [7, 11) is 2.50. The van der Waals surface area contributed by atoms with Crippen molar-refractivity contribution >= 4 is 23.5 Å². The van der Waals surface area contributed by atoms with E-state index in [2.05, 4.69) is 21.7 Å². The summed E-state index contributed by atoms with van der Waals surface area (Å²) in [5.74, 6) is -1.08. The van der Waals surface area contributed by atoms with Crippen LogP contribution in [-0.2, 0) is 14.3 Å². The van der Waals surface area contributed by atoms with Crippen molar-refractivity contribution in [1.82, 2.24) is 0 Å². The lowest BCUT2D eigenvalue weighted by molar-refractivity contribution is -0.117. The molecule has 0 radical (unpaired) electrons. The first-order valence-corrected chi connectivity index (χ1v) is 7.52. The largest absolute Gasteiger partial charge is 0.465 e. The van der Waals surface area contributed by atoms with Gasteiger partial charge < -0.3 is 14.8 Å². The maximum atomic E-state index is 12.1. The number of methoxy groups -OCH3 is 2. The monoisotopic (exact) mass is 321 g/mol. The van der Waals surface area contributed by atoms with Crippen molar-refractivity contribution in [2.24, 2.45) is 5.92 Å². The van der Waals surface area contributed by atoms with Crippen LogP contribution in [0.1, 0.15) is 53.8 Å². The SMILES string of the molecule is CCCC(C)CC(=O)Nc1cc(C(=O)OC)cc(C(=O)OC)c1. The maximum absolute atomic E-state index is 12.1. The van der Waals surface area contributed by atoms with Crippen LogP contribution in [0.25, 0.3) is 0 Å². The summed E-state index contributed by atoms with van der Waals surface area (Å²) in [6, 6.07) is 4.31. The normalized spacial score (nSPS) is 11.5. The van der Waals surface area contributed by atoms with Gasteiger partial charge in [0.1, 0.15) is 0 Å². The highest BCUT2D eigenvalue weighted by Gasteiger charge is 2.15. The zero-order valence-corrected chi connectivity index (χ0v) is 14.0. The quantitative estimate of drug-likeness (QED) is 0.781. The molecule has 0 aliphatic carbocycles. The number of anilines is 1. The van der Waals surface area contributed by atoms with Crippen LogP contribution < -0.4 is 5.32 Å². The molecule has 23 heavy (non-hydrogen) atoms. The van der Waals surface area contributed by atoms with Crippen LogP contribution in [-0.4, -0.2) is 32.1 Å². The standard InChI is InChI=1S/C17H23NO5/c1-5-6-11(2)7-15(19)18-14-9-12(16(20)22-3)8-13(10-14)17(21)23-4/h8-11H,5-7H2,1-4H3,(H,18,19). The maximum Gasteiger partial charge on any atom is 0.337 e. The second-order valence-electron chi connectivity index (χ2n) is 5.43. The van der Waals surface area contributed by atoms with Gasteiger partial charge in [-0.25, -0.2) is 9.59 Å². The molecule has 0 bridgehead atoms. The van der Waals surface area contributed by atoms with E-state index >= 15 is 0 Å². The number of carbonyl (C=O) groups is 3. The second-order valence-corrected chi connectivity index (χ2v) is 5.43. The Labute approximate surface area is 136 Å². The minimum absolute atomic E-state index is 0.163. The highest BCUT2D eigenvalue weighted by atomic mass is 16.5. The number of amides is 1. The van der Waals surface area contributed by atoms with Crippen LogP contribution in [0, 0.1) is 5.92 Å². The molecule has 0 heterocycles. The van der Waals surface area contributed by atoms with Gasteiger partial charge in [0, 0.05) is 12.1 Å². The van der Waals surface area contributed by atoms with E-state index in [1.807, 2.05) is 6.92 Å². The fourth-order valence-electron chi connectivity index (χ4n) is 2.29. The first-order valence-electron chi connectivity index (χ1n) is 7.52. The molecule has 6 nitrogen and oxygen atoms in total. The molecule has 0 aliphatic heterocycles. The Morgan fingerprint density at radius 1 is 1.04 bits per heavy atom. The third-order valence-electron chi connectivity index (χ3n) is 3.37. The van der Waals surface area contributed by atoms with Crippen LogP contribution in [0.15, 0.2) is 18.2 Å². The number of rotatable bonds is 7. The summed E-state index contributed by atoms with van der Waals surface area (Å²) in [6.07, 6.45) is 2.35. The molecule has 0 saturated carbocycles. The van der Waals surface area contributed by atoms with Crippen molar-refractivity contribution in [2.45, 2.75) is 33.1 Å². The van der Waals surface area contributed by atoms with E-state index < -0.39 is 11.9 Å². The molecule has 1 rings (SSSR count). The minimum Gasteiger partial charge on any atom is -0.465 e. The Kier molecular flexibility index (Phi) is 7.25. The van der Waals surface area contributed by atoms with Crippen molar-refractivity contribution in [3.05, 3.63) is 29.3 Å². The summed E-state index contributed by atoms with van der Waals surface area (Å²) < 4.78 is 9.31. The lowest BCUT2D eigenvalue weighted by Gasteiger charge is -2.12. The molecule has 0 spiro atoms. The Morgan fingerprint density at radius 2 is 1.57 bits per heavy atom. The Hall–Kier alpha value is -2.37. The van der Waals surface area contributed by atoms with Gasteiger partial charge >= 0.3 is 11.9 Å². The molecular weight excluding hydrogens is 298 g/mol. The first-order chi connectivity index (χ1) is 10.9. The minimum atomic E-state index is -0.592. The molecule has 126 valence electrons. The molecular formula is C17H23NO5. The van der Waals surface area contributed by atoms with Crippen LogP contribution in [0.4, 0.5) is 5.69 Å². The second kappa shape index (κ2) is 8.92. The number of hydrogen-bond acceptors (Lipinski definition) is 5. The lowest BCUT2D eigenvalue weighted by Crippen LogP contribution is -2.16. The molecule has 0 saturated heterocycles. The lowest BCUT2D eigenvalue weighted by atomic mass is 10.0. The molecule has 1 atom stereocenters. The number of hydrogen-bond donors (Lipinski definition) is 1. The molecule has 1 aromatic rings. The summed E-state index contributed by atoms with van der Waals surface area (Å²) in [5.41, 5.74) is 0.710. The van der Waals surface area contributed by atoms with Crippen molar-refractivity contribution in [3.63, 3.8) is 0 Å². The summed E-state index contributed by atoms with van der Waals surface area (Å²) in [4.78, 5) is 35.4. The van der Waals surface area contributed by atoms with Gasteiger partial charge in [-0.2, -0.15) is 0 Å². The highest BCUT2D eigenvalue weighted by molar-refractivity contribution is 5.99. The van der Waals surface area contributed by atoms with Gasteiger partial charge in [0.25, 0.3) is 0 Å². The molecule has 6 heteroatoms. The molecule has 1 aromatic carbocycles. The predicted octanol–water partition coefficient (Wildman–Crippen LogP) is 3.02. The highest BCUT2D eigenvalue weighted by Crippen LogP contribution is 2.18. The van der Waals surface area contributed by atoms with Crippen molar-refractivity contribution < 1.29 is 23.9 Å². The van der Waals surface area contributed by atoms with Crippen molar-refractivity contribution in [3.8, 4) is 0 Å². The molecule has 1 amide bonds. The van der Waals surface area contributed by atoms with Crippen LogP contribution in [0.3, 0.4) is 0 Å². The average molecular weight is 321 g/mol. The number of esters is 2. The third-order valence-corrected chi connectivity index (χ3v) is 3.37. The number of benzene rings is 1. The Morgan fingerprint density at radius 3 is 2.00 bits per heavy atom. The van der Waals surface area contributed by atoms with Gasteiger partial charge in [-0.15, -0.1) is 0 Å². The summed E-state index contributed by atoms with van der Waals surface area (Å²) in [5, 5.41) is 2.72. The van der Waals surface area contributed by atoms with Gasteiger partial charge in [0.05, 0.1) is 25.3 Å². The number of nitrogens with one attached hydrogen (secondary N) is 1. The van der Waals surface area contributed by atoms with Crippen molar-refractivity contribution in [2.75, 3.05) is 19.5 Å². The first kappa shape index (κ1) is 18.7. The topological polar surface area (TPSA) is 81.7 Å². The average Bonchev–Trinajstić information content (AvgIpc) is 2.52. The van der Waals surface area contributed by atoms with Crippen LogP contribution in [0.5, 0.6) is 0 Å². The van der Waals surface area contributed by atoms with E-state index in [1.54, 1.807) is 0 Å². The van der Waals surface area contributed by atoms with E-state index in [9.17, 15) is 14.4 Å². The van der Waals surface area contributed by atoms with Gasteiger partial charge in [0.2, 0.25) is 5.91 Å². The summed E-state index contributed by atoms with van der Waals surface area (Å²) >= 11 is 0. The molecule has 0 aromatic heterocycles. The van der Waals surface area contributed by atoms with Gasteiger partial charge in [-0.1, -0.05) is 26.7 Å². The number of carbonyl (C=O) groups excluding carboxylic acids is 3. The Bertz CT molecular complexity index is 548. The molecule has 0 fully saturated rings. The molecule has 1 unspecified atom stereocenters. The van der Waals surface area contributed by atoms with Gasteiger partial charge in [0.15, 0.2) is 0 Å². The van der Waals surface area contributed by atoms with Gasteiger partial charge in [-0.05, 0) is 24.1 Å². The third kappa shape index (κ3) is 5.73. The van der Waals surface area contributed by atoms with E-state index in [1.165, 1.54) is 32.4 Å². The smallest absolute Gasteiger partial charge is 0.337 e. The fourth-order valence-corrected chi connectivity index (χ4v) is 2.29. The van der Waals surface area contributed by atoms with E-state index in [-0.39, 0.29) is 23.0 Å².